The number of anilines is 2. The summed E-state index contributed by atoms with van der Waals surface area (Å²) in [5.74, 6) is 3.48. The molecule has 0 saturated heterocycles. The molecule has 0 amide bonds. The Morgan fingerprint density at radius 1 is 0.750 bits per heavy atom. The van der Waals surface area contributed by atoms with Gasteiger partial charge < -0.3 is 18.8 Å². The van der Waals surface area contributed by atoms with Crippen LogP contribution in [-0.2, 0) is 26.5 Å². The Labute approximate surface area is 295 Å². The quantitative estimate of drug-likeness (QED) is 0.129. The number of para-hydroxylation sites is 1. The van der Waals surface area contributed by atoms with E-state index in [1.165, 1.54) is 5.56 Å². The standard InChI is InChI=1S/C40H33BN4O2.Pt/c1-26-11-8-12-27(2)38(26)41-45(39-36(47-41)17-10-21-43-39)29-13-9-14-30(24-29)46-31-18-19-33-32-15-6-7-16-34(32)44(35(33)25-31)37-23-28(20-22-42-37)40(3,4)5;/h6-23H,1-5H3;/q-2;+2. The monoisotopic (exact) mass is 807 g/mol. The molecule has 0 N–H and O–H groups in total. The minimum Gasteiger partial charge on any atom is -0.535 e. The van der Waals surface area contributed by atoms with E-state index in [2.05, 4.69) is 117 Å². The third-order valence-electron chi connectivity index (χ3n) is 8.87. The Balaban J connectivity index is 0.00000364. The summed E-state index contributed by atoms with van der Waals surface area (Å²) in [5, 5.41) is 2.22. The third kappa shape index (κ3) is 5.46. The molecule has 0 unspecified atom stereocenters. The summed E-state index contributed by atoms with van der Waals surface area (Å²) in [7, 11) is -0.386. The summed E-state index contributed by atoms with van der Waals surface area (Å²) < 4.78 is 15.2. The molecule has 0 spiro atoms. The van der Waals surface area contributed by atoms with Crippen molar-refractivity contribution in [1.82, 2.24) is 14.5 Å². The van der Waals surface area contributed by atoms with E-state index in [0.29, 0.717) is 11.5 Å². The first-order valence-corrected chi connectivity index (χ1v) is 15.9. The van der Waals surface area contributed by atoms with Crippen molar-refractivity contribution in [2.45, 2.75) is 40.0 Å². The third-order valence-corrected chi connectivity index (χ3v) is 8.87. The van der Waals surface area contributed by atoms with E-state index < -0.39 is 0 Å². The Morgan fingerprint density at radius 3 is 2.33 bits per heavy atom. The molecule has 1 aliphatic heterocycles. The van der Waals surface area contributed by atoms with Gasteiger partial charge in [0, 0.05) is 29.4 Å². The number of benzene rings is 4. The second kappa shape index (κ2) is 12.3. The fourth-order valence-corrected chi connectivity index (χ4v) is 6.52. The van der Waals surface area contributed by atoms with Gasteiger partial charge in [-0.1, -0.05) is 79.5 Å². The van der Waals surface area contributed by atoms with Gasteiger partial charge in [0.2, 0.25) is 0 Å². The maximum absolute atomic E-state index is 6.53. The number of aryl methyl sites for hydroxylation is 2. The summed E-state index contributed by atoms with van der Waals surface area (Å²) in [4.78, 5) is 11.6. The second-order valence-electron chi connectivity index (χ2n) is 13.1. The van der Waals surface area contributed by atoms with Gasteiger partial charge in [-0.2, -0.15) is 12.1 Å². The molecule has 4 aromatic carbocycles. The largest absolute Gasteiger partial charge is 2.00 e. The summed E-state index contributed by atoms with van der Waals surface area (Å²) in [6, 6.07) is 39.8. The van der Waals surface area contributed by atoms with Crippen molar-refractivity contribution in [3.63, 3.8) is 0 Å². The average Bonchev–Trinajstić information content (AvgIpc) is 3.60. The molecule has 8 rings (SSSR count). The number of aromatic nitrogens is 3. The van der Waals surface area contributed by atoms with Crippen molar-refractivity contribution in [2.24, 2.45) is 0 Å². The Bertz CT molecular complexity index is 2290. The van der Waals surface area contributed by atoms with Gasteiger partial charge in [0.15, 0.2) is 5.82 Å². The van der Waals surface area contributed by atoms with Crippen LogP contribution in [0.3, 0.4) is 0 Å². The predicted molar refractivity (Wildman–Crippen MR) is 190 cm³/mol. The Hall–Kier alpha value is -4.87. The summed E-state index contributed by atoms with van der Waals surface area (Å²) >= 11 is 0. The normalized spacial score (nSPS) is 12.6. The van der Waals surface area contributed by atoms with Crippen LogP contribution in [0.4, 0.5) is 11.5 Å². The molecule has 0 atom stereocenters. The van der Waals surface area contributed by atoms with Gasteiger partial charge in [0.25, 0.3) is 0 Å². The number of nitrogens with zero attached hydrogens (tertiary/aromatic N) is 4. The van der Waals surface area contributed by atoms with Crippen LogP contribution in [-0.4, -0.2) is 21.6 Å². The van der Waals surface area contributed by atoms with Gasteiger partial charge in [0.05, 0.1) is 0 Å². The molecule has 3 aromatic heterocycles. The second-order valence-corrected chi connectivity index (χ2v) is 13.1. The first-order chi connectivity index (χ1) is 22.8. The fraction of sp³-hybridized carbons (Fsp3) is 0.150. The summed E-state index contributed by atoms with van der Waals surface area (Å²) in [5.41, 5.74) is 7.39. The van der Waals surface area contributed by atoms with Crippen LogP contribution in [0.5, 0.6) is 17.2 Å². The molecule has 4 heterocycles. The van der Waals surface area contributed by atoms with Gasteiger partial charge in [-0.05, 0) is 66.0 Å². The van der Waals surface area contributed by atoms with Crippen LogP contribution in [0.2, 0.25) is 0 Å². The van der Waals surface area contributed by atoms with E-state index in [1.54, 1.807) is 6.20 Å². The van der Waals surface area contributed by atoms with E-state index in [-0.39, 0.29) is 33.5 Å². The number of fused-ring (bicyclic) bond motifs is 4. The molecular weight excluding hydrogens is 774 g/mol. The van der Waals surface area contributed by atoms with Crippen molar-refractivity contribution in [1.29, 1.82) is 0 Å². The molecule has 0 bridgehead atoms. The van der Waals surface area contributed by atoms with Gasteiger partial charge in [-0.25, -0.2) is 9.97 Å². The summed E-state index contributed by atoms with van der Waals surface area (Å²) in [6.45, 7) is 10.9. The number of pyridine rings is 2. The Morgan fingerprint density at radius 2 is 1.52 bits per heavy atom. The van der Waals surface area contributed by atoms with Crippen molar-refractivity contribution in [3.8, 4) is 23.1 Å². The molecule has 6 nitrogen and oxygen atoms in total. The SMILES string of the molecule is Cc1cccc(C)c1B1Oc2cccnc2N1c1[c-]c(Oc2[c-]c3c(cc2)c2ccccc2n3-c2cc(C(C)(C)C)ccn2)ccc1.[Pt+2]. The van der Waals surface area contributed by atoms with Crippen LogP contribution in [0.25, 0.3) is 27.6 Å². The predicted octanol–water partition coefficient (Wildman–Crippen LogP) is 8.80. The first kappa shape index (κ1) is 31.7. The van der Waals surface area contributed by atoms with Gasteiger partial charge >= 0.3 is 28.1 Å². The van der Waals surface area contributed by atoms with E-state index in [1.807, 2.05) is 42.6 Å². The van der Waals surface area contributed by atoms with Gasteiger partial charge in [-0.3, -0.25) is 0 Å². The number of rotatable bonds is 5. The molecule has 48 heavy (non-hydrogen) atoms. The molecule has 0 radical (unpaired) electrons. The van der Waals surface area contributed by atoms with Crippen LogP contribution in [0, 0.1) is 26.0 Å². The minimum atomic E-state index is -0.386. The maximum Gasteiger partial charge on any atom is 2.00 e. The molecule has 0 saturated carbocycles. The average molecular weight is 808 g/mol. The molecule has 7 aromatic rings. The molecular formula is C40H33BN4O2Pt. The number of hydrogen-bond donors (Lipinski definition) is 0. The van der Waals surface area contributed by atoms with Gasteiger partial charge in [0.1, 0.15) is 11.6 Å². The molecule has 8 heteroatoms. The van der Waals surface area contributed by atoms with Crippen LogP contribution in [0.1, 0.15) is 37.5 Å². The molecule has 1 aliphatic rings. The van der Waals surface area contributed by atoms with Gasteiger partial charge in [-0.15, -0.1) is 35.7 Å². The fourth-order valence-electron chi connectivity index (χ4n) is 6.52. The Kier molecular flexibility index (Phi) is 8.13. The molecule has 238 valence electrons. The molecule has 0 aliphatic carbocycles. The van der Waals surface area contributed by atoms with Crippen molar-refractivity contribution in [2.75, 3.05) is 4.81 Å². The molecule has 0 fully saturated rings. The maximum atomic E-state index is 6.53. The van der Waals surface area contributed by atoms with E-state index >= 15 is 0 Å². The van der Waals surface area contributed by atoms with E-state index in [9.17, 15) is 0 Å². The summed E-state index contributed by atoms with van der Waals surface area (Å²) in [6.07, 6.45) is 3.68. The number of ether oxygens (including phenoxy) is 1. The smallest absolute Gasteiger partial charge is 0.535 e. The zero-order valence-electron chi connectivity index (χ0n) is 27.4. The topological polar surface area (TPSA) is 52.4 Å². The number of hydrogen-bond acceptors (Lipinski definition) is 5. The van der Waals surface area contributed by atoms with Crippen molar-refractivity contribution in [3.05, 3.63) is 138 Å². The minimum absolute atomic E-state index is 0. The zero-order valence-corrected chi connectivity index (χ0v) is 29.7. The van der Waals surface area contributed by atoms with Crippen molar-refractivity contribution >= 4 is 45.8 Å². The van der Waals surface area contributed by atoms with Crippen LogP contribution < -0.4 is 19.7 Å². The van der Waals surface area contributed by atoms with Crippen LogP contribution >= 0.6 is 0 Å². The first-order valence-electron chi connectivity index (χ1n) is 15.9. The van der Waals surface area contributed by atoms with E-state index in [0.717, 1.165) is 61.5 Å². The van der Waals surface area contributed by atoms with E-state index in [4.69, 9.17) is 19.4 Å². The van der Waals surface area contributed by atoms with Crippen LogP contribution in [0.15, 0.2) is 109 Å². The zero-order chi connectivity index (χ0) is 32.3. The van der Waals surface area contributed by atoms with Crippen molar-refractivity contribution < 1.29 is 30.5 Å².